The highest BCUT2D eigenvalue weighted by atomic mass is 32.1. The zero-order valence-electron chi connectivity index (χ0n) is 14.6. The molecule has 0 spiro atoms. The molecule has 1 amide bonds. The Hall–Kier alpha value is -3.39. The van der Waals surface area contributed by atoms with Crippen LogP contribution in [0.1, 0.15) is 10.5 Å². The molecule has 7 nitrogen and oxygen atoms in total. The van der Waals surface area contributed by atoms with Crippen molar-refractivity contribution in [2.75, 3.05) is 19.5 Å². The minimum atomic E-state index is -0.405. The molecule has 0 atom stereocenters. The number of benzene rings is 2. The van der Waals surface area contributed by atoms with E-state index in [2.05, 4.69) is 15.5 Å². The summed E-state index contributed by atoms with van der Waals surface area (Å²) in [5, 5.41) is 7.02. The largest absolute Gasteiger partial charge is 0.495 e. The van der Waals surface area contributed by atoms with Gasteiger partial charge in [0.05, 0.1) is 14.2 Å². The van der Waals surface area contributed by atoms with Crippen LogP contribution in [0.3, 0.4) is 0 Å². The molecule has 1 N–H and O–H groups in total. The number of thiazole rings is 1. The monoisotopic (exact) mass is 381 g/mol. The number of rotatable bonds is 5. The summed E-state index contributed by atoms with van der Waals surface area (Å²) in [4.78, 5) is 17.0. The molecule has 27 heavy (non-hydrogen) atoms. The van der Waals surface area contributed by atoms with Crippen LogP contribution in [0.5, 0.6) is 11.5 Å². The molecule has 0 radical (unpaired) electrons. The number of ether oxygens (including phenoxy) is 2. The summed E-state index contributed by atoms with van der Waals surface area (Å²) in [5.74, 6) is 1.39. The summed E-state index contributed by atoms with van der Waals surface area (Å²) in [6.45, 7) is 0. The number of hydrogen-bond donors (Lipinski definition) is 1. The first-order chi connectivity index (χ1) is 13.2. The van der Waals surface area contributed by atoms with Gasteiger partial charge in [-0.3, -0.25) is 10.1 Å². The number of carbonyl (C=O) groups is 1. The normalized spacial score (nSPS) is 10.7. The van der Waals surface area contributed by atoms with Gasteiger partial charge in [-0.15, -0.1) is 0 Å². The van der Waals surface area contributed by atoms with Crippen LogP contribution in [0, 0.1) is 0 Å². The van der Waals surface area contributed by atoms with Gasteiger partial charge in [0.15, 0.2) is 16.6 Å². The van der Waals surface area contributed by atoms with E-state index < -0.39 is 5.91 Å². The zero-order chi connectivity index (χ0) is 18.8. The Morgan fingerprint density at radius 2 is 1.81 bits per heavy atom. The summed E-state index contributed by atoms with van der Waals surface area (Å²) >= 11 is 1.30. The number of hydrogen-bond acceptors (Lipinski definition) is 7. The van der Waals surface area contributed by atoms with Crippen LogP contribution in [0.25, 0.3) is 21.5 Å². The molecular weight excluding hydrogens is 366 g/mol. The zero-order valence-corrected chi connectivity index (χ0v) is 15.4. The molecule has 4 rings (SSSR count). The molecule has 0 aliphatic rings. The van der Waals surface area contributed by atoms with E-state index >= 15 is 0 Å². The SMILES string of the molecule is COc1ccc(OC)c2sc(NC(=O)c3cc(-c4ccccc4)on3)nc12. The summed E-state index contributed by atoms with van der Waals surface area (Å²) in [6, 6.07) is 14.6. The maximum Gasteiger partial charge on any atom is 0.279 e. The number of aromatic nitrogens is 2. The molecule has 136 valence electrons. The summed E-state index contributed by atoms with van der Waals surface area (Å²) in [6.07, 6.45) is 0. The van der Waals surface area contributed by atoms with Crippen LogP contribution in [0.2, 0.25) is 0 Å². The molecule has 0 saturated heterocycles. The quantitative estimate of drug-likeness (QED) is 0.557. The van der Waals surface area contributed by atoms with Crippen LogP contribution in [-0.2, 0) is 0 Å². The van der Waals surface area contributed by atoms with E-state index in [0.29, 0.717) is 27.9 Å². The fourth-order valence-corrected chi connectivity index (χ4v) is 3.59. The van der Waals surface area contributed by atoms with Gasteiger partial charge in [0, 0.05) is 11.6 Å². The number of fused-ring (bicyclic) bond motifs is 1. The fourth-order valence-electron chi connectivity index (χ4n) is 2.62. The Labute approximate surface area is 158 Å². The van der Waals surface area contributed by atoms with Crippen LogP contribution in [-0.4, -0.2) is 30.3 Å². The van der Waals surface area contributed by atoms with Crippen molar-refractivity contribution in [1.29, 1.82) is 0 Å². The Morgan fingerprint density at radius 3 is 2.56 bits per heavy atom. The molecule has 2 aromatic carbocycles. The van der Waals surface area contributed by atoms with Crippen molar-refractivity contribution in [1.82, 2.24) is 10.1 Å². The predicted octanol–water partition coefficient (Wildman–Crippen LogP) is 4.22. The van der Waals surface area contributed by atoms with Crippen LogP contribution in [0.15, 0.2) is 53.1 Å². The van der Waals surface area contributed by atoms with Crippen molar-refractivity contribution in [3.05, 3.63) is 54.2 Å². The third kappa shape index (κ3) is 3.22. The van der Waals surface area contributed by atoms with E-state index in [1.54, 1.807) is 32.4 Å². The predicted molar refractivity (Wildman–Crippen MR) is 103 cm³/mol. The average Bonchev–Trinajstić information content (AvgIpc) is 3.35. The highest BCUT2D eigenvalue weighted by Gasteiger charge is 2.18. The minimum absolute atomic E-state index is 0.173. The van der Waals surface area contributed by atoms with Gasteiger partial charge in [-0.25, -0.2) is 4.98 Å². The smallest absolute Gasteiger partial charge is 0.279 e. The summed E-state index contributed by atoms with van der Waals surface area (Å²) < 4.78 is 16.8. The Balaban J connectivity index is 1.61. The number of nitrogens with zero attached hydrogens (tertiary/aromatic N) is 2. The minimum Gasteiger partial charge on any atom is -0.495 e. The topological polar surface area (TPSA) is 86.5 Å². The molecule has 0 unspecified atom stereocenters. The lowest BCUT2D eigenvalue weighted by Crippen LogP contribution is -2.11. The van der Waals surface area contributed by atoms with Crippen molar-refractivity contribution in [2.24, 2.45) is 0 Å². The molecule has 0 saturated carbocycles. The third-order valence-corrected chi connectivity index (χ3v) is 4.92. The van der Waals surface area contributed by atoms with E-state index in [0.717, 1.165) is 10.3 Å². The average molecular weight is 381 g/mol. The molecule has 0 fully saturated rings. The van der Waals surface area contributed by atoms with E-state index in [4.69, 9.17) is 14.0 Å². The second-order valence-corrected chi connectivity index (χ2v) is 6.56. The van der Waals surface area contributed by atoms with E-state index in [1.165, 1.54) is 11.3 Å². The molecular formula is C19H15N3O4S. The number of amides is 1. The van der Waals surface area contributed by atoms with E-state index in [1.807, 2.05) is 30.3 Å². The maximum absolute atomic E-state index is 12.5. The number of carbonyl (C=O) groups excluding carboxylic acids is 1. The Morgan fingerprint density at radius 1 is 1.07 bits per heavy atom. The van der Waals surface area contributed by atoms with Gasteiger partial charge < -0.3 is 14.0 Å². The van der Waals surface area contributed by atoms with E-state index in [-0.39, 0.29) is 5.69 Å². The van der Waals surface area contributed by atoms with Gasteiger partial charge in [0.2, 0.25) is 0 Å². The molecule has 0 bridgehead atoms. The van der Waals surface area contributed by atoms with Crippen molar-refractivity contribution >= 4 is 32.6 Å². The van der Waals surface area contributed by atoms with Crippen molar-refractivity contribution in [3.8, 4) is 22.8 Å². The Bertz CT molecular complexity index is 1060. The second kappa shape index (κ2) is 7.08. The van der Waals surface area contributed by atoms with Gasteiger partial charge in [0.25, 0.3) is 5.91 Å². The molecule has 4 aromatic rings. The molecule has 0 aliphatic carbocycles. The van der Waals surface area contributed by atoms with Gasteiger partial charge in [-0.05, 0) is 12.1 Å². The van der Waals surface area contributed by atoms with Gasteiger partial charge in [0.1, 0.15) is 21.7 Å². The first-order valence-corrected chi connectivity index (χ1v) is 8.86. The van der Waals surface area contributed by atoms with Gasteiger partial charge in [-0.2, -0.15) is 0 Å². The summed E-state index contributed by atoms with van der Waals surface area (Å²) in [5.41, 5.74) is 1.65. The molecule has 2 heterocycles. The lowest BCUT2D eigenvalue weighted by atomic mass is 10.1. The molecule has 0 aliphatic heterocycles. The van der Waals surface area contributed by atoms with Crippen LogP contribution >= 0.6 is 11.3 Å². The van der Waals surface area contributed by atoms with Crippen molar-refractivity contribution < 1.29 is 18.8 Å². The first-order valence-electron chi connectivity index (χ1n) is 8.04. The lowest BCUT2D eigenvalue weighted by molar-refractivity contribution is 0.101. The Kier molecular flexibility index (Phi) is 4.47. The fraction of sp³-hybridized carbons (Fsp3) is 0.105. The maximum atomic E-state index is 12.5. The molecule has 8 heteroatoms. The van der Waals surface area contributed by atoms with Gasteiger partial charge in [-0.1, -0.05) is 46.8 Å². The molecule has 2 aromatic heterocycles. The van der Waals surface area contributed by atoms with E-state index in [9.17, 15) is 4.79 Å². The summed E-state index contributed by atoms with van der Waals surface area (Å²) in [7, 11) is 3.15. The number of anilines is 1. The second-order valence-electron chi connectivity index (χ2n) is 5.56. The van der Waals surface area contributed by atoms with Crippen molar-refractivity contribution in [3.63, 3.8) is 0 Å². The van der Waals surface area contributed by atoms with Gasteiger partial charge >= 0.3 is 0 Å². The number of nitrogens with one attached hydrogen (secondary N) is 1. The standard InChI is InChI=1S/C19H15N3O4S/c1-24-13-8-9-14(25-2)17-16(13)20-19(27-17)21-18(23)12-10-15(26-22-12)11-6-4-3-5-7-11/h3-10H,1-2H3,(H,20,21,23). The highest BCUT2D eigenvalue weighted by molar-refractivity contribution is 7.22. The van der Waals surface area contributed by atoms with Crippen LogP contribution < -0.4 is 14.8 Å². The third-order valence-electron chi connectivity index (χ3n) is 3.93. The lowest BCUT2D eigenvalue weighted by Gasteiger charge is -2.03. The first kappa shape index (κ1) is 17.0. The number of methoxy groups -OCH3 is 2. The van der Waals surface area contributed by atoms with Crippen LogP contribution in [0.4, 0.5) is 5.13 Å². The highest BCUT2D eigenvalue weighted by Crippen LogP contribution is 2.38. The van der Waals surface area contributed by atoms with Crippen molar-refractivity contribution in [2.45, 2.75) is 0 Å².